The van der Waals surface area contributed by atoms with E-state index >= 15 is 0 Å². The number of nitrogens with zero attached hydrogens (tertiary/aromatic N) is 1. The minimum absolute atomic E-state index is 0.0226. The van der Waals surface area contributed by atoms with Gasteiger partial charge in [-0.1, -0.05) is 36.0 Å². The van der Waals surface area contributed by atoms with Crippen molar-refractivity contribution in [3.05, 3.63) is 27.7 Å². The van der Waals surface area contributed by atoms with E-state index in [9.17, 15) is 8.42 Å². The SMILES string of the molecule is CC1CCCCCN1S(=O)(=O)c1cc(CN)c(Cl)cc1Cl. The van der Waals surface area contributed by atoms with Gasteiger partial charge in [0.05, 0.1) is 5.02 Å². The zero-order chi connectivity index (χ0) is 15.6. The first kappa shape index (κ1) is 17.0. The predicted molar refractivity (Wildman–Crippen MR) is 86.2 cm³/mol. The Morgan fingerprint density at radius 1 is 1.24 bits per heavy atom. The van der Waals surface area contributed by atoms with Crippen molar-refractivity contribution in [3.8, 4) is 0 Å². The number of nitrogens with two attached hydrogens (primary N) is 1. The van der Waals surface area contributed by atoms with E-state index in [0.717, 1.165) is 25.7 Å². The van der Waals surface area contributed by atoms with Crippen molar-refractivity contribution in [1.82, 2.24) is 4.31 Å². The number of rotatable bonds is 3. The molecule has 1 unspecified atom stereocenters. The topological polar surface area (TPSA) is 63.4 Å². The first-order chi connectivity index (χ1) is 9.87. The molecule has 1 heterocycles. The van der Waals surface area contributed by atoms with Crippen molar-refractivity contribution in [2.24, 2.45) is 5.73 Å². The maximum atomic E-state index is 12.9. The van der Waals surface area contributed by atoms with Crippen LogP contribution in [0.1, 0.15) is 38.2 Å². The van der Waals surface area contributed by atoms with Crippen LogP contribution < -0.4 is 5.73 Å². The maximum Gasteiger partial charge on any atom is 0.244 e. The monoisotopic (exact) mass is 350 g/mol. The van der Waals surface area contributed by atoms with Crippen LogP contribution in [-0.4, -0.2) is 25.3 Å². The Morgan fingerprint density at radius 2 is 1.95 bits per heavy atom. The van der Waals surface area contributed by atoms with Gasteiger partial charge in [-0.05, 0) is 37.5 Å². The number of hydrogen-bond donors (Lipinski definition) is 1. The Hall–Kier alpha value is -0.330. The molecule has 1 aliphatic rings. The van der Waals surface area contributed by atoms with Crippen LogP contribution >= 0.6 is 23.2 Å². The second kappa shape index (κ2) is 6.84. The van der Waals surface area contributed by atoms with Gasteiger partial charge >= 0.3 is 0 Å². The molecule has 0 bridgehead atoms. The fourth-order valence-electron chi connectivity index (χ4n) is 2.66. The van der Waals surface area contributed by atoms with Crippen molar-refractivity contribution >= 4 is 33.2 Å². The molecule has 1 fully saturated rings. The van der Waals surface area contributed by atoms with E-state index in [1.807, 2.05) is 6.92 Å². The molecule has 1 atom stereocenters. The highest BCUT2D eigenvalue weighted by Gasteiger charge is 2.32. The van der Waals surface area contributed by atoms with Crippen LogP contribution in [0, 0.1) is 0 Å². The van der Waals surface area contributed by atoms with E-state index in [0.29, 0.717) is 17.1 Å². The van der Waals surface area contributed by atoms with Gasteiger partial charge in [0.15, 0.2) is 0 Å². The highest BCUT2D eigenvalue weighted by molar-refractivity contribution is 7.89. The largest absolute Gasteiger partial charge is 0.326 e. The summed E-state index contributed by atoms with van der Waals surface area (Å²) in [5.74, 6) is 0. The van der Waals surface area contributed by atoms with Crippen LogP contribution in [0.5, 0.6) is 0 Å². The molecule has 1 aliphatic heterocycles. The smallest absolute Gasteiger partial charge is 0.244 e. The lowest BCUT2D eigenvalue weighted by Crippen LogP contribution is -2.38. The average molecular weight is 351 g/mol. The minimum atomic E-state index is -3.63. The van der Waals surface area contributed by atoms with Crippen LogP contribution in [0.3, 0.4) is 0 Å². The van der Waals surface area contributed by atoms with Gasteiger partial charge in [0.1, 0.15) is 4.90 Å². The lowest BCUT2D eigenvalue weighted by Gasteiger charge is -2.27. The molecule has 4 nitrogen and oxygen atoms in total. The standard InChI is InChI=1S/C14H20Cl2N2O2S/c1-10-5-3-2-4-6-18(10)21(19,20)14-7-11(9-17)12(15)8-13(14)16/h7-8,10H,2-6,9,17H2,1H3. The lowest BCUT2D eigenvalue weighted by molar-refractivity contribution is 0.342. The second-order valence-electron chi connectivity index (χ2n) is 5.39. The molecular weight excluding hydrogens is 331 g/mol. The molecule has 0 aromatic heterocycles. The van der Waals surface area contributed by atoms with E-state index < -0.39 is 10.0 Å². The number of benzene rings is 1. The van der Waals surface area contributed by atoms with Crippen molar-refractivity contribution in [2.75, 3.05) is 6.54 Å². The summed E-state index contributed by atoms with van der Waals surface area (Å²) in [6.07, 6.45) is 3.85. The minimum Gasteiger partial charge on any atom is -0.326 e. The number of hydrogen-bond acceptors (Lipinski definition) is 3. The van der Waals surface area contributed by atoms with Gasteiger partial charge in [-0.25, -0.2) is 8.42 Å². The van der Waals surface area contributed by atoms with Gasteiger partial charge in [-0.3, -0.25) is 0 Å². The molecule has 1 saturated heterocycles. The maximum absolute atomic E-state index is 12.9. The van der Waals surface area contributed by atoms with Gasteiger partial charge in [0.25, 0.3) is 0 Å². The summed E-state index contributed by atoms with van der Waals surface area (Å²) < 4.78 is 27.4. The molecule has 2 N–H and O–H groups in total. The van der Waals surface area contributed by atoms with Crippen LogP contribution in [0.4, 0.5) is 0 Å². The molecule has 0 amide bonds. The normalized spacial score (nSPS) is 21.2. The number of sulfonamides is 1. The Balaban J connectivity index is 2.47. The first-order valence-electron chi connectivity index (χ1n) is 7.07. The van der Waals surface area contributed by atoms with Crippen molar-refractivity contribution < 1.29 is 8.42 Å². The highest BCUT2D eigenvalue weighted by atomic mass is 35.5. The summed E-state index contributed by atoms with van der Waals surface area (Å²) >= 11 is 12.1. The summed E-state index contributed by atoms with van der Waals surface area (Å²) in [7, 11) is -3.63. The predicted octanol–water partition coefficient (Wildman–Crippen LogP) is 3.41. The Kier molecular flexibility index (Phi) is 5.54. The molecule has 7 heteroatoms. The first-order valence-corrected chi connectivity index (χ1v) is 9.27. The number of halogens is 2. The van der Waals surface area contributed by atoms with E-state index in [-0.39, 0.29) is 22.5 Å². The van der Waals surface area contributed by atoms with E-state index in [1.165, 1.54) is 12.1 Å². The molecule has 1 aromatic carbocycles. The second-order valence-corrected chi connectivity index (χ2v) is 8.07. The lowest BCUT2D eigenvalue weighted by atomic mass is 10.1. The van der Waals surface area contributed by atoms with Crippen molar-refractivity contribution in [2.45, 2.75) is 50.1 Å². The molecule has 0 saturated carbocycles. The third-order valence-electron chi connectivity index (χ3n) is 3.90. The Morgan fingerprint density at radius 3 is 2.62 bits per heavy atom. The summed E-state index contributed by atoms with van der Waals surface area (Å²) in [6.45, 7) is 2.64. The summed E-state index contributed by atoms with van der Waals surface area (Å²) in [4.78, 5) is 0.0998. The van der Waals surface area contributed by atoms with Crippen LogP contribution in [0.15, 0.2) is 17.0 Å². The molecule has 21 heavy (non-hydrogen) atoms. The van der Waals surface area contributed by atoms with Crippen LogP contribution in [0.2, 0.25) is 10.0 Å². The zero-order valence-electron chi connectivity index (χ0n) is 12.0. The van der Waals surface area contributed by atoms with Gasteiger partial charge in [0, 0.05) is 24.2 Å². The van der Waals surface area contributed by atoms with Crippen molar-refractivity contribution in [3.63, 3.8) is 0 Å². The van der Waals surface area contributed by atoms with Gasteiger partial charge < -0.3 is 5.73 Å². The van der Waals surface area contributed by atoms with E-state index in [4.69, 9.17) is 28.9 Å². The molecule has 2 rings (SSSR count). The van der Waals surface area contributed by atoms with Gasteiger partial charge in [-0.15, -0.1) is 0 Å². The van der Waals surface area contributed by atoms with Gasteiger partial charge in [-0.2, -0.15) is 4.31 Å². The highest BCUT2D eigenvalue weighted by Crippen LogP contribution is 2.32. The quantitative estimate of drug-likeness (QED) is 0.908. The van der Waals surface area contributed by atoms with E-state index in [1.54, 1.807) is 4.31 Å². The summed E-state index contributed by atoms with van der Waals surface area (Å²) in [6, 6.07) is 2.93. The molecule has 118 valence electrons. The van der Waals surface area contributed by atoms with Crippen LogP contribution in [0.25, 0.3) is 0 Å². The summed E-state index contributed by atoms with van der Waals surface area (Å²) in [5.41, 5.74) is 6.19. The van der Waals surface area contributed by atoms with Crippen LogP contribution in [-0.2, 0) is 16.6 Å². The fraction of sp³-hybridized carbons (Fsp3) is 0.571. The third-order valence-corrected chi connectivity index (χ3v) is 6.73. The average Bonchev–Trinajstić information content (AvgIpc) is 2.63. The molecule has 0 spiro atoms. The molecule has 1 aromatic rings. The summed E-state index contributed by atoms with van der Waals surface area (Å²) in [5, 5.41) is 0.541. The molecule has 0 aliphatic carbocycles. The van der Waals surface area contributed by atoms with E-state index in [2.05, 4.69) is 0 Å². The Labute approximate surface area is 136 Å². The molecular formula is C14H20Cl2N2O2S. The van der Waals surface area contributed by atoms with Crippen molar-refractivity contribution in [1.29, 1.82) is 0 Å². The third kappa shape index (κ3) is 3.54. The molecule has 0 radical (unpaired) electrons. The zero-order valence-corrected chi connectivity index (χ0v) is 14.3. The Bertz CT molecular complexity index is 620. The fourth-order valence-corrected chi connectivity index (χ4v) is 5.21. The van der Waals surface area contributed by atoms with Gasteiger partial charge in [0.2, 0.25) is 10.0 Å².